The van der Waals surface area contributed by atoms with Gasteiger partial charge in [-0.05, 0) is 56.8 Å². The lowest BCUT2D eigenvalue weighted by Crippen LogP contribution is -2.23. The molecule has 2 atom stereocenters. The second-order valence-corrected chi connectivity index (χ2v) is 5.30. The summed E-state index contributed by atoms with van der Waals surface area (Å²) in [4.78, 5) is 0. The van der Waals surface area contributed by atoms with Crippen molar-refractivity contribution in [3.05, 3.63) is 29.6 Å². The molecule has 1 aliphatic heterocycles. The zero-order valence-electron chi connectivity index (χ0n) is 12.3. The van der Waals surface area contributed by atoms with E-state index >= 15 is 0 Å². The van der Waals surface area contributed by atoms with Crippen LogP contribution in [0.25, 0.3) is 0 Å². The summed E-state index contributed by atoms with van der Waals surface area (Å²) < 4.78 is 24.5. The molecule has 1 aromatic rings. The van der Waals surface area contributed by atoms with E-state index in [1.807, 2.05) is 13.1 Å². The molecule has 2 unspecified atom stereocenters. The molecule has 0 saturated carbocycles. The van der Waals surface area contributed by atoms with E-state index in [1.165, 1.54) is 20.0 Å². The highest BCUT2D eigenvalue weighted by molar-refractivity contribution is 5.31. The fourth-order valence-corrected chi connectivity index (χ4v) is 2.76. The molecule has 3 nitrogen and oxygen atoms in total. The molecule has 0 spiro atoms. The van der Waals surface area contributed by atoms with E-state index in [4.69, 9.17) is 9.47 Å². The molecule has 2 rings (SSSR count). The predicted molar refractivity (Wildman–Crippen MR) is 77.6 cm³/mol. The van der Waals surface area contributed by atoms with Gasteiger partial charge in [0.15, 0.2) is 11.6 Å². The summed E-state index contributed by atoms with van der Waals surface area (Å²) in [5, 5.41) is 3.26. The first kappa shape index (κ1) is 15.3. The van der Waals surface area contributed by atoms with Gasteiger partial charge < -0.3 is 14.8 Å². The van der Waals surface area contributed by atoms with Gasteiger partial charge in [-0.15, -0.1) is 0 Å². The SMILES string of the molecule is CNC(CCC1CCCCO1)c1ccc(OC)c(F)c1. The largest absolute Gasteiger partial charge is 0.494 e. The fourth-order valence-electron chi connectivity index (χ4n) is 2.76. The van der Waals surface area contributed by atoms with Gasteiger partial charge in [-0.25, -0.2) is 4.39 Å². The van der Waals surface area contributed by atoms with Crippen LogP contribution in [-0.2, 0) is 4.74 Å². The highest BCUT2D eigenvalue weighted by atomic mass is 19.1. The molecule has 1 heterocycles. The summed E-state index contributed by atoms with van der Waals surface area (Å²) in [7, 11) is 3.39. The lowest BCUT2D eigenvalue weighted by Gasteiger charge is -2.25. The van der Waals surface area contributed by atoms with Crippen molar-refractivity contribution < 1.29 is 13.9 Å². The summed E-state index contributed by atoms with van der Waals surface area (Å²) in [6.07, 6.45) is 5.91. The van der Waals surface area contributed by atoms with Crippen molar-refractivity contribution in [2.24, 2.45) is 0 Å². The van der Waals surface area contributed by atoms with Gasteiger partial charge in [0.05, 0.1) is 13.2 Å². The first-order valence-electron chi connectivity index (χ1n) is 7.37. The molecule has 1 aliphatic rings. The van der Waals surface area contributed by atoms with Crippen LogP contribution in [0.3, 0.4) is 0 Å². The number of nitrogens with one attached hydrogen (secondary N) is 1. The number of hydrogen-bond acceptors (Lipinski definition) is 3. The van der Waals surface area contributed by atoms with E-state index in [-0.39, 0.29) is 11.9 Å². The molecule has 1 N–H and O–H groups in total. The van der Waals surface area contributed by atoms with Crippen LogP contribution in [0.1, 0.15) is 43.7 Å². The predicted octanol–water partition coefficient (Wildman–Crippen LogP) is 3.44. The molecular weight excluding hydrogens is 257 g/mol. The van der Waals surface area contributed by atoms with E-state index in [1.54, 1.807) is 12.1 Å². The van der Waals surface area contributed by atoms with E-state index in [2.05, 4.69) is 5.32 Å². The van der Waals surface area contributed by atoms with Crippen LogP contribution in [0, 0.1) is 5.82 Å². The van der Waals surface area contributed by atoms with Gasteiger partial charge in [0.2, 0.25) is 0 Å². The van der Waals surface area contributed by atoms with Crippen LogP contribution in [0.4, 0.5) is 4.39 Å². The van der Waals surface area contributed by atoms with Gasteiger partial charge in [0.25, 0.3) is 0 Å². The van der Waals surface area contributed by atoms with Crippen molar-refractivity contribution >= 4 is 0 Å². The monoisotopic (exact) mass is 281 g/mol. The third-order valence-electron chi connectivity index (χ3n) is 3.98. The quantitative estimate of drug-likeness (QED) is 0.866. The summed E-state index contributed by atoms with van der Waals surface area (Å²) >= 11 is 0. The summed E-state index contributed by atoms with van der Waals surface area (Å²) in [5.41, 5.74) is 0.960. The van der Waals surface area contributed by atoms with Crippen LogP contribution in [0.2, 0.25) is 0 Å². The highest BCUT2D eigenvalue weighted by Gasteiger charge is 2.18. The lowest BCUT2D eigenvalue weighted by molar-refractivity contribution is 0.00866. The van der Waals surface area contributed by atoms with Gasteiger partial charge in [-0.3, -0.25) is 0 Å². The first-order chi connectivity index (χ1) is 9.74. The molecule has 4 heteroatoms. The number of methoxy groups -OCH3 is 1. The van der Waals surface area contributed by atoms with Gasteiger partial charge in [0, 0.05) is 12.6 Å². The maximum absolute atomic E-state index is 13.8. The first-order valence-corrected chi connectivity index (χ1v) is 7.37. The van der Waals surface area contributed by atoms with Crippen LogP contribution >= 0.6 is 0 Å². The normalized spacial score (nSPS) is 20.6. The van der Waals surface area contributed by atoms with Crippen molar-refractivity contribution in [2.45, 2.75) is 44.2 Å². The molecule has 0 aromatic heterocycles. The Morgan fingerprint density at radius 1 is 1.45 bits per heavy atom. The smallest absolute Gasteiger partial charge is 0.165 e. The Balaban J connectivity index is 1.94. The minimum absolute atomic E-state index is 0.154. The van der Waals surface area contributed by atoms with Crippen molar-refractivity contribution in [2.75, 3.05) is 20.8 Å². The van der Waals surface area contributed by atoms with Crippen LogP contribution < -0.4 is 10.1 Å². The third-order valence-corrected chi connectivity index (χ3v) is 3.98. The number of ether oxygens (including phenoxy) is 2. The Bertz CT molecular complexity index is 419. The van der Waals surface area contributed by atoms with E-state index in [0.717, 1.165) is 31.4 Å². The number of halogens is 1. The fraction of sp³-hybridized carbons (Fsp3) is 0.625. The molecule has 112 valence electrons. The van der Waals surface area contributed by atoms with Crippen LogP contribution in [0.15, 0.2) is 18.2 Å². The van der Waals surface area contributed by atoms with Crippen molar-refractivity contribution in [3.63, 3.8) is 0 Å². The Morgan fingerprint density at radius 3 is 2.90 bits per heavy atom. The van der Waals surface area contributed by atoms with Crippen molar-refractivity contribution in [1.29, 1.82) is 0 Å². The molecule has 20 heavy (non-hydrogen) atoms. The maximum Gasteiger partial charge on any atom is 0.165 e. The van der Waals surface area contributed by atoms with E-state index in [0.29, 0.717) is 11.9 Å². The molecule has 0 radical (unpaired) electrons. The molecule has 1 saturated heterocycles. The minimum atomic E-state index is -0.306. The standard InChI is InChI=1S/C16H24FNO2/c1-18-15(8-7-13-5-3-4-10-20-13)12-6-9-16(19-2)14(17)11-12/h6,9,11,13,15,18H,3-5,7-8,10H2,1-2H3. The molecule has 0 amide bonds. The second-order valence-electron chi connectivity index (χ2n) is 5.30. The summed E-state index contributed by atoms with van der Waals surface area (Å²) in [6.45, 7) is 0.881. The van der Waals surface area contributed by atoms with Gasteiger partial charge >= 0.3 is 0 Å². The Hall–Kier alpha value is -1.13. The topological polar surface area (TPSA) is 30.5 Å². The average Bonchev–Trinajstić information content (AvgIpc) is 2.49. The number of hydrogen-bond donors (Lipinski definition) is 1. The molecule has 1 aromatic carbocycles. The van der Waals surface area contributed by atoms with Gasteiger partial charge in [-0.2, -0.15) is 0 Å². The zero-order valence-corrected chi connectivity index (χ0v) is 12.3. The maximum atomic E-state index is 13.8. The Morgan fingerprint density at radius 2 is 2.30 bits per heavy atom. The van der Waals surface area contributed by atoms with E-state index in [9.17, 15) is 4.39 Å². The molecule has 1 fully saturated rings. The highest BCUT2D eigenvalue weighted by Crippen LogP contribution is 2.26. The minimum Gasteiger partial charge on any atom is -0.494 e. The number of rotatable bonds is 6. The molecule has 0 bridgehead atoms. The van der Waals surface area contributed by atoms with Crippen LogP contribution in [-0.4, -0.2) is 26.9 Å². The number of benzene rings is 1. The average molecular weight is 281 g/mol. The third kappa shape index (κ3) is 3.93. The second kappa shape index (κ2) is 7.60. The van der Waals surface area contributed by atoms with Crippen LogP contribution in [0.5, 0.6) is 5.75 Å². The summed E-state index contributed by atoms with van der Waals surface area (Å²) in [6, 6.07) is 5.32. The Labute approximate surface area is 120 Å². The summed E-state index contributed by atoms with van der Waals surface area (Å²) in [5.74, 6) is -0.0154. The van der Waals surface area contributed by atoms with Crippen molar-refractivity contribution in [1.82, 2.24) is 5.32 Å². The molecular formula is C16H24FNO2. The Kier molecular flexibility index (Phi) is 5.80. The van der Waals surface area contributed by atoms with E-state index < -0.39 is 0 Å². The molecule has 0 aliphatic carbocycles. The lowest BCUT2D eigenvalue weighted by atomic mass is 9.97. The van der Waals surface area contributed by atoms with Gasteiger partial charge in [-0.1, -0.05) is 6.07 Å². The zero-order chi connectivity index (χ0) is 14.4. The van der Waals surface area contributed by atoms with Gasteiger partial charge in [0.1, 0.15) is 0 Å². The van der Waals surface area contributed by atoms with Crippen molar-refractivity contribution in [3.8, 4) is 5.75 Å².